The van der Waals surface area contributed by atoms with Crippen molar-refractivity contribution < 1.29 is 45.1 Å². The Hall–Kier alpha value is -1.56. The zero-order valence-electron chi connectivity index (χ0n) is 8.74. The summed E-state index contributed by atoms with van der Waals surface area (Å²) in [5.74, 6) is -11.2. The van der Waals surface area contributed by atoms with Gasteiger partial charge in [-0.25, -0.2) is 32.5 Å². The van der Waals surface area contributed by atoms with Crippen molar-refractivity contribution in [3.8, 4) is 11.9 Å². The summed E-state index contributed by atoms with van der Waals surface area (Å²) in [6.45, 7) is 0. The zero-order valence-corrected chi connectivity index (χ0v) is 8.74. The number of hydrogen-bond donors (Lipinski definition) is 0. The molecule has 0 unspecified atom stereocenters. The van der Waals surface area contributed by atoms with Crippen LogP contribution >= 0.6 is 0 Å². The number of halogens is 6. The summed E-state index contributed by atoms with van der Waals surface area (Å²) >= 11 is 0. The van der Waals surface area contributed by atoms with Crippen molar-refractivity contribution in [1.29, 1.82) is 10.5 Å². The first kappa shape index (κ1) is 16.4. The molecule has 0 radical (unpaired) electrons. The molecule has 0 amide bonds. The molecule has 0 heterocycles. The normalized spacial score (nSPS) is 10.2. The number of rotatable bonds is 1. The van der Waals surface area contributed by atoms with Crippen LogP contribution in [0.1, 0.15) is 0 Å². The van der Waals surface area contributed by atoms with Crippen LogP contribution in [0.25, 0.3) is 0 Å². The molecule has 0 atom stereocenters. The minimum atomic E-state index is -4.67. The van der Waals surface area contributed by atoms with Crippen LogP contribution in [0.15, 0.2) is 0 Å². The molecule has 10 heteroatoms. The van der Waals surface area contributed by atoms with Crippen molar-refractivity contribution in [3.63, 3.8) is 0 Å². The third kappa shape index (κ3) is 2.20. The van der Waals surface area contributed by atoms with Crippen LogP contribution in [-0.2, 0) is 0 Å². The fourth-order valence-electron chi connectivity index (χ4n) is 1.13. The maximum absolute atomic E-state index is 13.4. The van der Waals surface area contributed by atoms with E-state index in [1.165, 1.54) is 0 Å². The van der Waals surface area contributed by atoms with E-state index in [2.05, 4.69) is 0 Å². The molecule has 0 aliphatic heterocycles. The quantitative estimate of drug-likeness (QED) is 0.269. The smallest absolute Gasteiger partial charge is 0.476 e. The average Bonchev–Trinajstić information content (AvgIpc) is 2.33. The van der Waals surface area contributed by atoms with Crippen LogP contribution in [-0.4, -0.2) is 6.42 Å². The van der Waals surface area contributed by atoms with Crippen molar-refractivity contribution in [2.75, 3.05) is 0 Å². The molecule has 0 fully saturated rings. The molecule has 0 saturated carbocycles. The van der Waals surface area contributed by atoms with E-state index in [1.54, 1.807) is 0 Å². The van der Waals surface area contributed by atoms with Crippen LogP contribution in [0.5, 0.6) is 0 Å². The minimum absolute atomic E-state index is 0. The van der Waals surface area contributed by atoms with Gasteiger partial charge in [0, 0.05) is 0 Å². The number of benzene rings is 1. The number of nitrogens with zero attached hydrogens (tertiary/aromatic N) is 2. The minimum Gasteiger partial charge on any atom is -0.476 e. The Morgan fingerprint density at radius 2 is 1.00 bits per heavy atom. The Morgan fingerprint density at radius 1 is 0.722 bits per heavy atom. The molecule has 0 bridgehead atoms. The van der Waals surface area contributed by atoms with Gasteiger partial charge in [0.25, 0.3) is 0 Å². The van der Waals surface area contributed by atoms with Crippen LogP contribution in [0.3, 0.4) is 0 Å². The van der Waals surface area contributed by atoms with Gasteiger partial charge in [0.1, 0.15) is 11.6 Å². The molecule has 0 spiro atoms. The molecule has 1 aromatic rings. The standard InChI is InChI=1S/C8BF6N2.Li/c10-4-3(9(15,1-16)2-17)5(11)7(13)8(14)6(4)12;/q-1;+1. The van der Waals surface area contributed by atoms with E-state index in [1.807, 2.05) is 0 Å². The molecule has 0 aliphatic carbocycles. The van der Waals surface area contributed by atoms with Gasteiger partial charge in [-0.05, 0) is 0 Å². The van der Waals surface area contributed by atoms with Crippen LogP contribution < -0.4 is 24.3 Å². The SMILES string of the molecule is N#C[B-](F)(C#N)c1c(F)c(F)c(F)c(F)c1F.[Li+]. The zero-order chi connectivity index (χ0) is 13.4. The van der Waals surface area contributed by atoms with E-state index in [9.17, 15) is 26.3 Å². The van der Waals surface area contributed by atoms with E-state index in [4.69, 9.17) is 10.5 Å². The monoisotopic (exact) mass is 256 g/mol. The molecule has 0 N–H and O–H groups in total. The van der Waals surface area contributed by atoms with E-state index in [0.29, 0.717) is 11.9 Å². The molecular formula is C8BF6LiN2. The van der Waals surface area contributed by atoms with E-state index in [-0.39, 0.29) is 18.9 Å². The van der Waals surface area contributed by atoms with Gasteiger partial charge in [-0.2, -0.15) is 0 Å². The van der Waals surface area contributed by atoms with E-state index >= 15 is 0 Å². The number of hydrogen-bond acceptors (Lipinski definition) is 2. The Labute approximate surface area is 109 Å². The molecule has 0 saturated heterocycles. The van der Waals surface area contributed by atoms with Gasteiger partial charge in [0.05, 0.1) is 0 Å². The topological polar surface area (TPSA) is 47.6 Å². The second-order valence-electron chi connectivity index (χ2n) is 3.00. The Morgan fingerprint density at radius 3 is 1.28 bits per heavy atom. The molecule has 0 aliphatic rings. The van der Waals surface area contributed by atoms with Gasteiger partial charge in [-0.15, -0.1) is 0 Å². The summed E-state index contributed by atoms with van der Waals surface area (Å²) in [5, 5.41) is 16.5. The van der Waals surface area contributed by atoms with Gasteiger partial charge in [-0.3, -0.25) is 0 Å². The van der Waals surface area contributed by atoms with Crippen molar-refractivity contribution in [3.05, 3.63) is 29.1 Å². The van der Waals surface area contributed by atoms with Gasteiger partial charge in [-0.1, -0.05) is 17.4 Å². The van der Waals surface area contributed by atoms with Gasteiger partial charge < -0.3 is 4.32 Å². The van der Waals surface area contributed by atoms with Crippen molar-refractivity contribution in [2.45, 2.75) is 0 Å². The summed E-state index contributed by atoms with van der Waals surface area (Å²) in [6.07, 6.45) is -4.67. The maximum atomic E-state index is 13.4. The Kier molecular flexibility index (Phi) is 4.92. The van der Waals surface area contributed by atoms with Gasteiger partial charge in [0.15, 0.2) is 17.5 Å². The molecule has 1 aromatic carbocycles. The van der Waals surface area contributed by atoms with Crippen LogP contribution in [0.4, 0.5) is 26.3 Å². The predicted octanol–water partition coefficient (Wildman–Crippen LogP) is -1.37. The maximum Gasteiger partial charge on any atom is 1.00 e. The first-order chi connectivity index (χ1) is 7.80. The molecule has 1 rings (SSSR count). The van der Waals surface area contributed by atoms with E-state index < -0.39 is 41.0 Å². The van der Waals surface area contributed by atoms with Crippen molar-refractivity contribution in [1.82, 2.24) is 0 Å². The number of nitriles is 2. The first-order valence-corrected chi connectivity index (χ1v) is 3.98. The van der Waals surface area contributed by atoms with Gasteiger partial charge in [0.2, 0.25) is 0 Å². The molecule has 2 nitrogen and oxygen atoms in total. The first-order valence-electron chi connectivity index (χ1n) is 3.98. The third-order valence-corrected chi connectivity index (χ3v) is 2.00. The second-order valence-corrected chi connectivity index (χ2v) is 3.00. The summed E-state index contributed by atoms with van der Waals surface area (Å²) in [6, 6.07) is 0. The average molecular weight is 256 g/mol. The largest absolute Gasteiger partial charge is 1.00 e. The summed E-state index contributed by atoms with van der Waals surface area (Å²) in [4.78, 5) is 0. The third-order valence-electron chi connectivity index (χ3n) is 2.00. The Balaban J connectivity index is 0.00000289. The molecule has 88 valence electrons. The molecule has 0 aromatic heterocycles. The van der Waals surface area contributed by atoms with Crippen LogP contribution in [0.2, 0.25) is 0 Å². The molecule has 18 heavy (non-hydrogen) atoms. The fraction of sp³-hybridized carbons (Fsp3) is 0. The van der Waals surface area contributed by atoms with Crippen molar-refractivity contribution >= 4 is 11.9 Å². The Bertz CT molecular complexity index is 535. The van der Waals surface area contributed by atoms with E-state index in [0.717, 1.165) is 0 Å². The molecular weight excluding hydrogens is 256 g/mol. The summed E-state index contributed by atoms with van der Waals surface area (Å²) in [7, 11) is 0. The van der Waals surface area contributed by atoms with Crippen LogP contribution in [0, 0.1) is 51.5 Å². The van der Waals surface area contributed by atoms with Gasteiger partial charge >= 0.3 is 25.3 Å². The summed E-state index contributed by atoms with van der Waals surface area (Å²) < 4.78 is 77.4. The fourth-order valence-corrected chi connectivity index (χ4v) is 1.13. The summed E-state index contributed by atoms with van der Waals surface area (Å²) in [5.41, 5.74) is -2.05. The second kappa shape index (κ2) is 5.39. The predicted molar refractivity (Wildman–Crippen MR) is 44.0 cm³/mol. The van der Waals surface area contributed by atoms with Crippen molar-refractivity contribution in [2.24, 2.45) is 0 Å².